The molecule has 0 saturated carbocycles. The number of allylic oxidation sites excluding steroid dienone is 12. The first-order valence-corrected chi connectivity index (χ1v) is 28.5. The third kappa shape index (κ3) is 54.0. The molecule has 0 heterocycles. The van der Waals surface area contributed by atoms with E-state index in [1.807, 2.05) is 0 Å². The van der Waals surface area contributed by atoms with Crippen LogP contribution in [-0.2, 0) is 23.8 Å². The smallest absolute Gasteiger partial charge is 0.306 e. The number of esters is 2. The quantitative estimate of drug-likeness (QED) is 0.0346. The summed E-state index contributed by atoms with van der Waals surface area (Å²) >= 11 is 0. The van der Waals surface area contributed by atoms with Crippen molar-refractivity contribution in [3.8, 4) is 0 Å². The minimum atomic E-state index is -0.558. The highest BCUT2D eigenvalue weighted by Gasteiger charge is 2.17. The third-order valence-electron chi connectivity index (χ3n) is 12.2. The minimum Gasteiger partial charge on any atom is -0.462 e. The number of hydrogen-bond donors (Lipinski definition) is 0. The summed E-state index contributed by atoms with van der Waals surface area (Å²) in [5, 5.41) is 0. The maximum Gasteiger partial charge on any atom is 0.306 e. The third-order valence-corrected chi connectivity index (χ3v) is 12.2. The molecule has 66 heavy (non-hydrogen) atoms. The van der Waals surface area contributed by atoms with Crippen molar-refractivity contribution in [1.29, 1.82) is 0 Å². The van der Waals surface area contributed by atoms with Gasteiger partial charge in [0.25, 0.3) is 0 Å². The molecule has 0 spiro atoms. The van der Waals surface area contributed by atoms with Gasteiger partial charge in [0.2, 0.25) is 0 Å². The second kappa shape index (κ2) is 56.7. The molecule has 0 aromatic heterocycles. The Labute approximate surface area is 410 Å². The van der Waals surface area contributed by atoms with Crippen LogP contribution in [0.1, 0.15) is 278 Å². The van der Waals surface area contributed by atoms with Crippen LogP contribution in [0.2, 0.25) is 0 Å². The van der Waals surface area contributed by atoms with Crippen LogP contribution < -0.4 is 0 Å². The SMILES string of the molecule is CC/C=C\C/C=C\C/C=C\CCCCCC(=O)OC(COCCCCCCCCCCCCCCCCCCCC)COC(=O)CCCCCCCC/C=C\C/C=C\C/C=C\CCCCC. The Morgan fingerprint density at radius 2 is 0.682 bits per heavy atom. The predicted octanol–water partition coefficient (Wildman–Crippen LogP) is 19.5. The number of rotatable bonds is 52. The molecule has 0 aliphatic carbocycles. The summed E-state index contributed by atoms with van der Waals surface area (Å²) in [6, 6.07) is 0. The molecule has 0 fully saturated rings. The first kappa shape index (κ1) is 63.3. The van der Waals surface area contributed by atoms with E-state index in [1.165, 1.54) is 148 Å². The van der Waals surface area contributed by atoms with Crippen LogP contribution in [-0.4, -0.2) is 37.9 Å². The second-order valence-corrected chi connectivity index (χ2v) is 18.8. The van der Waals surface area contributed by atoms with Crippen LogP contribution in [0, 0.1) is 0 Å². The molecule has 0 aliphatic heterocycles. The molecule has 0 saturated heterocycles. The Kier molecular flexibility index (Phi) is 54.4. The lowest BCUT2D eigenvalue weighted by Crippen LogP contribution is -2.30. The van der Waals surface area contributed by atoms with Crippen molar-refractivity contribution in [3.63, 3.8) is 0 Å². The molecule has 0 N–H and O–H groups in total. The van der Waals surface area contributed by atoms with Gasteiger partial charge >= 0.3 is 11.9 Å². The fourth-order valence-electron chi connectivity index (χ4n) is 8.00. The van der Waals surface area contributed by atoms with Gasteiger partial charge in [0.1, 0.15) is 6.61 Å². The second-order valence-electron chi connectivity index (χ2n) is 18.8. The first-order valence-electron chi connectivity index (χ1n) is 28.5. The van der Waals surface area contributed by atoms with Crippen molar-refractivity contribution >= 4 is 11.9 Å². The molecule has 1 atom stereocenters. The topological polar surface area (TPSA) is 61.8 Å². The molecule has 382 valence electrons. The van der Waals surface area contributed by atoms with E-state index in [1.54, 1.807) is 0 Å². The molecule has 1 unspecified atom stereocenters. The summed E-state index contributed by atoms with van der Waals surface area (Å²) in [6.45, 7) is 7.68. The Hall–Kier alpha value is -2.66. The molecule has 0 aromatic carbocycles. The van der Waals surface area contributed by atoms with Gasteiger partial charge in [0.05, 0.1) is 6.61 Å². The van der Waals surface area contributed by atoms with Crippen molar-refractivity contribution < 1.29 is 23.8 Å². The molecule has 5 heteroatoms. The lowest BCUT2D eigenvalue weighted by molar-refractivity contribution is -0.163. The van der Waals surface area contributed by atoms with Crippen molar-refractivity contribution in [2.75, 3.05) is 19.8 Å². The molecule has 0 aromatic rings. The van der Waals surface area contributed by atoms with E-state index in [2.05, 4.69) is 93.7 Å². The summed E-state index contributed by atoms with van der Waals surface area (Å²) < 4.78 is 17.4. The zero-order chi connectivity index (χ0) is 47.7. The zero-order valence-corrected chi connectivity index (χ0v) is 44.0. The number of carbonyl (C=O) groups is 2. The summed E-state index contributed by atoms with van der Waals surface area (Å²) in [7, 11) is 0. The van der Waals surface area contributed by atoms with E-state index in [9.17, 15) is 9.59 Å². The fourth-order valence-corrected chi connectivity index (χ4v) is 8.00. The largest absolute Gasteiger partial charge is 0.462 e. The minimum absolute atomic E-state index is 0.0668. The summed E-state index contributed by atoms with van der Waals surface area (Å²) in [5.41, 5.74) is 0. The van der Waals surface area contributed by atoms with Gasteiger partial charge in [-0.05, 0) is 89.9 Å². The highest BCUT2D eigenvalue weighted by molar-refractivity contribution is 5.70. The van der Waals surface area contributed by atoms with Crippen molar-refractivity contribution in [3.05, 3.63) is 72.9 Å². The van der Waals surface area contributed by atoms with Crippen LogP contribution in [0.3, 0.4) is 0 Å². The molecule has 0 radical (unpaired) electrons. The molecular formula is C61H108O5. The van der Waals surface area contributed by atoms with Crippen molar-refractivity contribution in [2.45, 2.75) is 284 Å². The fraction of sp³-hybridized carbons (Fsp3) is 0.770. The maximum absolute atomic E-state index is 12.8. The Morgan fingerprint density at radius 1 is 0.348 bits per heavy atom. The summed E-state index contributed by atoms with van der Waals surface area (Å²) in [5.74, 6) is -0.437. The van der Waals surface area contributed by atoms with Crippen molar-refractivity contribution in [1.82, 2.24) is 0 Å². The van der Waals surface area contributed by atoms with Crippen molar-refractivity contribution in [2.24, 2.45) is 0 Å². The number of hydrogen-bond acceptors (Lipinski definition) is 5. The average Bonchev–Trinajstić information content (AvgIpc) is 3.32. The van der Waals surface area contributed by atoms with E-state index in [0.717, 1.165) is 96.3 Å². The zero-order valence-electron chi connectivity index (χ0n) is 44.0. The van der Waals surface area contributed by atoms with E-state index >= 15 is 0 Å². The van der Waals surface area contributed by atoms with Gasteiger partial charge in [0, 0.05) is 19.4 Å². The van der Waals surface area contributed by atoms with Crippen LogP contribution in [0.25, 0.3) is 0 Å². The highest BCUT2D eigenvalue weighted by Crippen LogP contribution is 2.16. The van der Waals surface area contributed by atoms with E-state index < -0.39 is 6.10 Å². The molecule has 0 rings (SSSR count). The highest BCUT2D eigenvalue weighted by atomic mass is 16.6. The normalized spacial score (nSPS) is 12.7. The Balaban J connectivity index is 4.28. The lowest BCUT2D eigenvalue weighted by Gasteiger charge is -2.18. The van der Waals surface area contributed by atoms with Crippen LogP contribution in [0.15, 0.2) is 72.9 Å². The first-order chi connectivity index (χ1) is 32.6. The van der Waals surface area contributed by atoms with Gasteiger partial charge in [0.15, 0.2) is 6.10 Å². The number of unbranched alkanes of at least 4 members (excludes halogenated alkanes) is 29. The standard InChI is InChI=1S/C61H108O5/c1-4-7-10-13-16-19-22-25-27-29-31-32-34-37-39-42-45-48-51-54-60(62)65-58-59(66-61(63)55-52-49-46-43-40-36-24-21-18-15-12-9-6-3)57-64-56-53-50-47-44-41-38-35-33-30-28-26-23-20-17-14-11-8-5-2/h9,12,16,18-19,21,25,27,31-32,36,40,59H,4-8,10-11,13-15,17,20,22-24,26,28-30,33-35,37-39,41-58H2,1-3H3/b12-9-,19-16-,21-18-,27-25-,32-31-,40-36-. The molecule has 0 amide bonds. The van der Waals surface area contributed by atoms with Gasteiger partial charge in [-0.2, -0.15) is 0 Å². The monoisotopic (exact) mass is 921 g/mol. The van der Waals surface area contributed by atoms with Gasteiger partial charge in [-0.3, -0.25) is 9.59 Å². The number of carbonyl (C=O) groups excluding carboxylic acids is 2. The average molecular weight is 922 g/mol. The molecular weight excluding hydrogens is 813 g/mol. The summed E-state index contributed by atoms with van der Waals surface area (Å²) in [4.78, 5) is 25.5. The lowest BCUT2D eigenvalue weighted by atomic mass is 10.0. The number of ether oxygens (including phenoxy) is 3. The van der Waals surface area contributed by atoms with Gasteiger partial charge in [-0.25, -0.2) is 0 Å². The van der Waals surface area contributed by atoms with Gasteiger partial charge in [-0.15, -0.1) is 0 Å². The van der Waals surface area contributed by atoms with Crippen LogP contribution in [0.4, 0.5) is 0 Å². The maximum atomic E-state index is 12.8. The van der Waals surface area contributed by atoms with Gasteiger partial charge in [-0.1, -0.05) is 248 Å². The summed E-state index contributed by atoms with van der Waals surface area (Å²) in [6.07, 6.45) is 73.5. The molecule has 5 nitrogen and oxygen atoms in total. The molecule has 0 aliphatic rings. The van der Waals surface area contributed by atoms with Crippen LogP contribution >= 0.6 is 0 Å². The van der Waals surface area contributed by atoms with Gasteiger partial charge < -0.3 is 14.2 Å². The Bertz CT molecular complexity index is 1180. The van der Waals surface area contributed by atoms with E-state index in [-0.39, 0.29) is 25.2 Å². The van der Waals surface area contributed by atoms with E-state index in [0.29, 0.717) is 19.4 Å². The van der Waals surface area contributed by atoms with E-state index in [4.69, 9.17) is 14.2 Å². The molecule has 0 bridgehead atoms. The van der Waals surface area contributed by atoms with Crippen LogP contribution in [0.5, 0.6) is 0 Å². The predicted molar refractivity (Wildman–Crippen MR) is 288 cm³/mol. The Morgan fingerprint density at radius 3 is 1.14 bits per heavy atom.